The molecule has 90 valence electrons. The molecule has 1 aliphatic carbocycles. The fraction of sp³-hybridized carbons (Fsp3) is 1.00. The Labute approximate surface area is 88.5 Å². The van der Waals surface area contributed by atoms with E-state index in [9.17, 15) is 17.2 Å². The molecule has 0 unspecified atom stereocenters. The Morgan fingerprint density at radius 2 is 2.00 bits per heavy atom. The van der Waals surface area contributed by atoms with Gasteiger partial charge in [-0.1, -0.05) is 0 Å². The van der Waals surface area contributed by atoms with Gasteiger partial charge in [0.25, 0.3) is 6.43 Å². The molecule has 0 bridgehead atoms. The lowest BCUT2D eigenvalue weighted by Gasteiger charge is -2.20. The van der Waals surface area contributed by atoms with Crippen molar-refractivity contribution in [3.8, 4) is 0 Å². The van der Waals surface area contributed by atoms with Crippen molar-refractivity contribution in [2.45, 2.75) is 19.3 Å². The normalized spacial score (nSPS) is 17.7. The van der Waals surface area contributed by atoms with E-state index in [1.807, 2.05) is 0 Å². The highest BCUT2D eigenvalue weighted by molar-refractivity contribution is 7.89. The molecule has 0 radical (unpaired) electrons. The summed E-state index contributed by atoms with van der Waals surface area (Å²) in [5.41, 5.74) is 5.20. The Hall–Kier alpha value is -0.270. The maximum Gasteiger partial charge on any atom is 0.252 e. The second-order valence-electron chi connectivity index (χ2n) is 3.76. The first-order chi connectivity index (χ1) is 6.95. The van der Waals surface area contributed by atoms with E-state index < -0.39 is 23.0 Å². The van der Waals surface area contributed by atoms with Gasteiger partial charge >= 0.3 is 0 Å². The molecule has 0 aromatic heterocycles. The summed E-state index contributed by atoms with van der Waals surface area (Å²) in [4.78, 5) is 0. The molecule has 0 aromatic carbocycles. The summed E-state index contributed by atoms with van der Waals surface area (Å²) in [6.45, 7) is -0.706. The molecule has 0 spiro atoms. The van der Waals surface area contributed by atoms with Crippen LogP contribution in [0.3, 0.4) is 0 Å². The molecule has 0 atom stereocenters. The van der Waals surface area contributed by atoms with E-state index in [0.717, 1.165) is 17.1 Å². The van der Waals surface area contributed by atoms with Crippen LogP contribution in [0.4, 0.5) is 8.78 Å². The third kappa shape index (κ3) is 4.40. The van der Waals surface area contributed by atoms with E-state index in [1.165, 1.54) is 0 Å². The smallest absolute Gasteiger partial charge is 0.252 e. The predicted octanol–water partition coefficient (Wildman–Crippen LogP) is 0.252. The molecule has 1 fully saturated rings. The Morgan fingerprint density at radius 3 is 2.40 bits per heavy atom. The number of hydrogen-bond acceptors (Lipinski definition) is 3. The molecule has 0 aromatic rings. The van der Waals surface area contributed by atoms with Crippen LogP contribution in [0.25, 0.3) is 0 Å². The lowest BCUT2D eigenvalue weighted by Crippen LogP contribution is -2.40. The summed E-state index contributed by atoms with van der Waals surface area (Å²) in [5.74, 6) is 0.146. The summed E-state index contributed by atoms with van der Waals surface area (Å²) in [5, 5.41) is 0. The maximum absolute atomic E-state index is 12.1. The highest BCUT2D eigenvalue weighted by Crippen LogP contribution is 2.31. The van der Waals surface area contributed by atoms with Crippen LogP contribution in [0.2, 0.25) is 0 Å². The van der Waals surface area contributed by atoms with Gasteiger partial charge in [-0.2, -0.15) is 4.31 Å². The lowest BCUT2D eigenvalue weighted by molar-refractivity contribution is 0.120. The molecule has 0 saturated heterocycles. The molecule has 0 amide bonds. The van der Waals surface area contributed by atoms with Gasteiger partial charge in [0.1, 0.15) is 0 Å². The molecule has 7 heteroatoms. The number of hydrogen-bond donors (Lipinski definition) is 1. The Balaban J connectivity index is 2.58. The Kier molecular flexibility index (Phi) is 4.42. The van der Waals surface area contributed by atoms with Crippen LogP contribution in [0, 0.1) is 5.92 Å². The average Bonchev–Trinajstić information content (AvgIpc) is 2.86. The summed E-state index contributed by atoms with van der Waals surface area (Å²) in [6, 6.07) is 0. The summed E-state index contributed by atoms with van der Waals surface area (Å²) in [7, 11) is -3.54. The number of rotatable bonds is 7. The van der Waals surface area contributed by atoms with Crippen LogP contribution in [0.5, 0.6) is 0 Å². The van der Waals surface area contributed by atoms with Crippen molar-refractivity contribution in [1.29, 1.82) is 0 Å². The maximum atomic E-state index is 12.1. The second-order valence-corrected chi connectivity index (χ2v) is 5.77. The summed E-state index contributed by atoms with van der Waals surface area (Å²) >= 11 is 0. The Morgan fingerprint density at radius 1 is 1.40 bits per heavy atom. The number of alkyl halides is 2. The van der Waals surface area contributed by atoms with Gasteiger partial charge in [0, 0.05) is 13.1 Å². The molecule has 0 heterocycles. The third-order valence-electron chi connectivity index (χ3n) is 2.26. The first kappa shape index (κ1) is 12.8. The molecule has 4 nitrogen and oxygen atoms in total. The largest absolute Gasteiger partial charge is 0.329 e. The quantitative estimate of drug-likeness (QED) is 0.696. The SMILES string of the molecule is NCCN(CC(F)F)S(=O)(=O)CC1CC1. The fourth-order valence-corrected chi connectivity index (χ4v) is 3.19. The average molecular weight is 242 g/mol. The highest BCUT2D eigenvalue weighted by Gasteiger charge is 2.32. The van der Waals surface area contributed by atoms with Gasteiger partial charge in [-0.05, 0) is 18.8 Å². The number of nitrogens with two attached hydrogens (primary N) is 1. The molecule has 15 heavy (non-hydrogen) atoms. The minimum Gasteiger partial charge on any atom is -0.329 e. The van der Waals surface area contributed by atoms with Gasteiger partial charge in [0.2, 0.25) is 10.0 Å². The molecule has 0 aliphatic heterocycles. The third-order valence-corrected chi connectivity index (χ3v) is 4.27. The second kappa shape index (κ2) is 5.18. The van der Waals surface area contributed by atoms with Crippen LogP contribution < -0.4 is 5.73 Å². The van der Waals surface area contributed by atoms with Crippen molar-refractivity contribution in [3.05, 3.63) is 0 Å². The van der Waals surface area contributed by atoms with E-state index in [1.54, 1.807) is 0 Å². The number of sulfonamides is 1. The zero-order valence-corrected chi connectivity index (χ0v) is 9.22. The minimum atomic E-state index is -3.54. The molecule has 1 rings (SSSR count). The van der Waals surface area contributed by atoms with Crippen LogP contribution >= 0.6 is 0 Å². The van der Waals surface area contributed by atoms with E-state index in [0.29, 0.717) is 0 Å². The molecule has 2 N–H and O–H groups in total. The molecule has 1 saturated carbocycles. The Bertz CT molecular complexity index is 291. The van der Waals surface area contributed by atoms with E-state index in [-0.39, 0.29) is 24.8 Å². The van der Waals surface area contributed by atoms with Crippen LogP contribution in [0.15, 0.2) is 0 Å². The predicted molar refractivity (Wildman–Crippen MR) is 53.1 cm³/mol. The van der Waals surface area contributed by atoms with Crippen LogP contribution in [0.1, 0.15) is 12.8 Å². The van der Waals surface area contributed by atoms with Crippen LogP contribution in [-0.4, -0.2) is 44.5 Å². The van der Waals surface area contributed by atoms with Crippen molar-refractivity contribution in [1.82, 2.24) is 4.31 Å². The number of halogens is 2. The summed E-state index contributed by atoms with van der Waals surface area (Å²) < 4.78 is 48.4. The number of nitrogens with zero attached hydrogens (tertiary/aromatic N) is 1. The van der Waals surface area contributed by atoms with Crippen molar-refractivity contribution in [2.24, 2.45) is 11.7 Å². The zero-order chi connectivity index (χ0) is 11.5. The van der Waals surface area contributed by atoms with Gasteiger partial charge in [-0.3, -0.25) is 0 Å². The van der Waals surface area contributed by atoms with Gasteiger partial charge in [0.15, 0.2) is 0 Å². The lowest BCUT2D eigenvalue weighted by atomic mass is 10.5. The van der Waals surface area contributed by atoms with Gasteiger partial charge in [-0.25, -0.2) is 17.2 Å². The van der Waals surface area contributed by atoms with E-state index in [2.05, 4.69) is 0 Å². The monoisotopic (exact) mass is 242 g/mol. The highest BCUT2D eigenvalue weighted by atomic mass is 32.2. The van der Waals surface area contributed by atoms with E-state index >= 15 is 0 Å². The molecular weight excluding hydrogens is 226 g/mol. The van der Waals surface area contributed by atoms with Gasteiger partial charge in [-0.15, -0.1) is 0 Å². The van der Waals surface area contributed by atoms with Crippen molar-refractivity contribution >= 4 is 10.0 Å². The van der Waals surface area contributed by atoms with Crippen molar-refractivity contribution < 1.29 is 17.2 Å². The first-order valence-corrected chi connectivity index (χ1v) is 6.52. The molecular formula is C8H16F2N2O2S. The zero-order valence-electron chi connectivity index (χ0n) is 8.40. The van der Waals surface area contributed by atoms with Crippen LogP contribution in [-0.2, 0) is 10.0 Å². The fourth-order valence-electron chi connectivity index (χ4n) is 1.33. The van der Waals surface area contributed by atoms with Crippen molar-refractivity contribution in [2.75, 3.05) is 25.4 Å². The summed E-state index contributed by atoms with van der Waals surface area (Å²) in [6.07, 6.45) is -0.889. The first-order valence-electron chi connectivity index (χ1n) is 4.91. The van der Waals surface area contributed by atoms with Crippen molar-refractivity contribution in [3.63, 3.8) is 0 Å². The van der Waals surface area contributed by atoms with Gasteiger partial charge in [0.05, 0.1) is 12.3 Å². The van der Waals surface area contributed by atoms with E-state index in [4.69, 9.17) is 5.73 Å². The minimum absolute atomic E-state index is 0.0142. The standard InChI is InChI=1S/C8H16F2N2O2S/c9-8(10)5-12(4-3-11)15(13,14)6-7-1-2-7/h7-8H,1-6,11H2. The van der Waals surface area contributed by atoms with Gasteiger partial charge < -0.3 is 5.73 Å². The topological polar surface area (TPSA) is 63.4 Å². The molecule has 1 aliphatic rings.